The molecule has 3 fully saturated rings. The van der Waals surface area contributed by atoms with E-state index in [2.05, 4.69) is 30.4 Å². The van der Waals surface area contributed by atoms with Crippen molar-refractivity contribution < 1.29 is 14.5 Å². The molecule has 12 heteroatoms. The molecule has 0 unspecified atom stereocenters. The van der Waals surface area contributed by atoms with Gasteiger partial charge in [-0.2, -0.15) is 0 Å². The van der Waals surface area contributed by atoms with Gasteiger partial charge in [0.05, 0.1) is 0 Å². The average molecular weight is 417 g/mol. The minimum atomic E-state index is -0.0391. The number of aromatic nitrogens is 3. The van der Waals surface area contributed by atoms with Gasteiger partial charge in [0.2, 0.25) is 0 Å². The van der Waals surface area contributed by atoms with Crippen LogP contribution in [-0.2, 0) is 0 Å². The lowest BCUT2D eigenvalue weighted by atomic mass is 10.4. The van der Waals surface area contributed by atoms with Crippen LogP contribution < -0.4 is 14.5 Å². The first-order chi connectivity index (χ1) is 14.6. The van der Waals surface area contributed by atoms with E-state index >= 15 is 0 Å². The van der Waals surface area contributed by atoms with E-state index in [9.17, 15) is 0 Å². The van der Waals surface area contributed by atoms with E-state index in [0.29, 0.717) is 0 Å². The Balaban J connectivity index is 1.53. The molecular weight excluding hydrogens is 390 g/mol. The van der Waals surface area contributed by atoms with E-state index in [1.54, 1.807) is 0 Å². The molecule has 1 aromatic rings. The third-order valence-electron chi connectivity index (χ3n) is 5.28. The van der Waals surface area contributed by atoms with Crippen LogP contribution in [0.5, 0.6) is 18.0 Å². The molecule has 30 heavy (non-hydrogen) atoms. The maximum absolute atomic E-state index is 5.43. The fourth-order valence-electron chi connectivity index (χ4n) is 3.45. The van der Waals surface area contributed by atoms with E-state index in [1.807, 2.05) is 35.8 Å². The fourth-order valence-corrected chi connectivity index (χ4v) is 3.45. The van der Waals surface area contributed by atoms with Crippen molar-refractivity contribution in [3.63, 3.8) is 0 Å². The van der Waals surface area contributed by atoms with Crippen LogP contribution in [0.1, 0.15) is 38.5 Å². The van der Waals surface area contributed by atoms with Crippen LogP contribution in [0.15, 0.2) is 15.5 Å². The van der Waals surface area contributed by atoms with Gasteiger partial charge in [0.15, 0.2) is 0 Å². The number of hydrogen-bond acceptors (Lipinski definition) is 9. The van der Waals surface area contributed by atoms with Crippen molar-refractivity contribution in [2.24, 2.45) is 15.5 Å². The van der Waals surface area contributed by atoms with Crippen molar-refractivity contribution in [3.05, 3.63) is 0 Å². The van der Waals surface area contributed by atoms with Crippen molar-refractivity contribution in [1.82, 2.24) is 29.7 Å². The van der Waals surface area contributed by atoms with Gasteiger partial charge in [0, 0.05) is 60.0 Å². The highest BCUT2D eigenvalue weighted by Crippen LogP contribution is 2.18. The van der Waals surface area contributed by atoms with Gasteiger partial charge in [0.1, 0.15) is 17.5 Å². The first-order valence-electron chi connectivity index (χ1n) is 10.2. The predicted molar refractivity (Wildman–Crippen MR) is 110 cm³/mol. The molecule has 4 heterocycles. The Hall–Kier alpha value is -3.18. The molecule has 0 atom stereocenters. The molecular formula is C18H27N9O3. The summed E-state index contributed by atoms with van der Waals surface area (Å²) in [6, 6.07) is -0.117. The van der Waals surface area contributed by atoms with Gasteiger partial charge in [0.25, 0.3) is 0 Å². The Kier molecular flexibility index (Phi) is 6.10. The molecule has 0 N–H and O–H groups in total. The van der Waals surface area contributed by atoms with E-state index in [1.165, 1.54) is 0 Å². The molecule has 3 aliphatic heterocycles. The molecule has 0 aliphatic carbocycles. The molecule has 3 saturated heterocycles. The first kappa shape index (κ1) is 20.1. The number of rotatable bonds is 6. The minimum absolute atomic E-state index is 0.0391. The summed E-state index contributed by atoms with van der Waals surface area (Å²) in [4.78, 5) is 34.8. The first-order valence-corrected chi connectivity index (χ1v) is 10.2. The maximum atomic E-state index is 5.43. The van der Waals surface area contributed by atoms with E-state index in [-0.39, 0.29) is 18.0 Å². The summed E-state index contributed by atoms with van der Waals surface area (Å²) in [6.45, 7) is 2.83. The van der Waals surface area contributed by atoms with Crippen LogP contribution in [0, 0.1) is 0 Å². The monoisotopic (exact) mass is 417 g/mol. The van der Waals surface area contributed by atoms with E-state index < -0.39 is 0 Å². The molecule has 0 bridgehead atoms. The number of likely N-dealkylation sites (tertiary alicyclic amines) is 3. The lowest BCUT2D eigenvalue weighted by Crippen LogP contribution is -2.20. The number of oxime groups is 3. The van der Waals surface area contributed by atoms with Gasteiger partial charge in [-0.1, -0.05) is 15.5 Å². The molecule has 162 valence electrons. The van der Waals surface area contributed by atoms with Gasteiger partial charge < -0.3 is 29.2 Å². The summed E-state index contributed by atoms with van der Waals surface area (Å²) in [5, 5.41) is 12.4. The number of hydrogen-bond donors (Lipinski definition) is 0. The Morgan fingerprint density at radius 3 is 1.10 bits per heavy atom. The molecule has 4 rings (SSSR count). The van der Waals surface area contributed by atoms with Crippen LogP contribution in [-0.4, -0.2) is 87.9 Å². The second-order valence-electron chi connectivity index (χ2n) is 7.55. The lowest BCUT2D eigenvalue weighted by Gasteiger charge is -2.11. The molecule has 1 aromatic heterocycles. The van der Waals surface area contributed by atoms with Crippen LogP contribution in [0.25, 0.3) is 0 Å². The highest BCUT2D eigenvalue weighted by molar-refractivity contribution is 5.84. The lowest BCUT2D eigenvalue weighted by molar-refractivity contribution is 0.244. The third-order valence-corrected chi connectivity index (χ3v) is 5.28. The van der Waals surface area contributed by atoms with Crippen molar-refractivity contribution in [3.8, 4) is 18.0 Å². The SMILES string of the molecule is CN1CCC/C1=N/Oc1nc(O/N=C2/CCCN2C)nc(O/N=C2\CCCN2C)n1. The molecule has 3 aliphatic rings. The van der Waals surface area contributed by atoms with E-state index in [4.69, 9.17) is 14.5 Å². The zero-order valence-electron chi connectivity index (χ0n) is 17.6. The zero-order valence-corrected chi connectivity index (χ0v) is 17.6. The Morgan fingerprint density at radius 1 is 0.567 bits per heavy atom. The number of amidine groups is 3. The normalized spacial score (nSPS) is 23.3. The molecule has 0 saturated carbocycles. The second kappa shape index (κ2) is 9.09. The van der Waals surface area contributed by atoms with Gasteiger partial charge in [-0.3, -0.25) is 0 Å². The zero-order chi connectivity index (χ0) is 20.9. The van der Waals surface area contributed by atoms with Crippen LogP contribution in [0.3, 0.4) is 0 Å². The largest absolute Gasteiger partial charge is 0.360 e. The summed E-state index contributed by atoms with van der Waals surface area (Å²) in [6.07, 6.45) is 5.63. The summed E-state index contributed by atoms with van der Waals surface area (Å²) in [7, 11) is 5.90. The summed E-state index contributed by atoms with van der Waals surface area (Å²) < 4.78 is 0. The Bertz CT molecular complexity index is 736. The number of nitrogens with zero attached hydrogens (tertiary/aromatic N) is 9. The molecule has 0 amide bonds. The smallest absolute Gasteiger partial charge is 0.355 e. The molecule has 12 nitrogen and oxygen atoms in total. The summed E-state index contributed by atoms with van der Waals surface area (Å²) in [5.41, 5.74) is 0. The van der Waals surface area contributed by atoms with Gasteiger partial charge in [-0.05, 0) is 19.3 Å². The van der Waals surface area contributed by atoms with Gasteiger partial charge >= 0.3 is 18.0 Å². The fraction of sp³-hybridized carbons (Fsp3) is 0.667. The predicted octanol–water partition coefficient (Wildman–Crippen LogP) is 1.13. The van der Waals surface area contributed by atoms with Gasteiger partial charge in [-0.15, -0.1) is 15.0 Å². The summed E-state index contributed by atoms with van der Waals surface area (Å²) in [5.74, 6) is 2.50. The third kappa shape index (κ3) is 4.86. The Morgan fingerprint density at radius 2 is 0.867 bits per heavy atom. The highest BCUT2D eigenvalue weighted by atomic mass is 16.7. The Labute approximate surface area is 175 Å². The van der Waals surface area contributed by atoms with Crippen molar-refractivity contribution in [2.75, 3.05) is 40.8 Å². The quantitative estimate of drug-likeness (QED) is 0.628. The van der Waals surface area contributed by atoms with Crippen LogP contribution in [0.4, 0.5) is 0 Å². The van der Waals surface area contributed by atoms with E-state index in [0.717, 1.165) is 75.7 Å². The second-order valence-corrected chi connectivity index (χ2v) is 7.55. The minimum Gasteiger partial charge on any atom is -0.360 e. The molecule has 0 radical (unpaired) electrons. The van der Waals surface area contributed by atoms with Crippen molar-refractivity contribution in [1.29, 1.82) is 0 Å². The van der Waals surface area contributed by atoms with Gasteiger partial charge in [-0.25, -0.2) is 0 Å². The highest BCUT2D eigenvalue weighted by Gasteiger charge is 2.19. The summed E-state index contributed by atoms with van der Waals surface area (Å²) >= 11 is 0. The molecule has 0 aromatic carbocycles. The standard InChI is InChI=1S/C18H27N9O3/c1-25-10-4-7-13(25)22-28-16-19-17(29-23-14-8-5-11-26(14)2)21-18(20-16)30-24-15-9-6-12-27(15)3/h4-12H2,1-3H3/b22-13-,23-14-,24-15+. The van der Waals surface area contributed by atoms with Crippen molar-refractivity contribution in [2.45, 2.75) is 38.5 Å². The maximum Gasteiger partial charge on any atom is 0.355 e. The average Bonchev–Trinajstić information content (AvgIpc) is 3.45. The van der Waals surface area contributed by atoms with Crippen LogP contribution in [0.2, 0.25) is 0 Å². The molecule has 0 spiro atoms. The van der Waals surface area contributed by atoms with Crippen molar-refractivity contribution >= 4 is 17.5 Å². The van der Waals surface area contributed by atoms with Crippen LogP contribution >= 0.6 is 0 Å². The topological polar surface area (TPSA) is 113 Å².